The van der Waals surface area contributed by atoms with E-state index in [4.69, 9.17) is 0 Å². The maximum absolute atomic E-state index is 4.61. The Morgan fingerprint density at radius 2 is 2.05 bits per heavy atom. The third kappa shape index (κ3) is 3.37. The average Bonchev–Trinajstić information content (AvgIpc) is 2.69. The summed E-state index contributed by atoms with van der Waals surface area (Å²) in [7, 11) is 1.91. The Bertz CT molecular complexity index is 570. The van der Waals surface area contributed by atoms with Crippen LogP contribution in [0.1, 0.15) is 33.5 Å². The van der Waals surface area contributed by atoms with E-state index >= 15 is 0 Å². The van der Waals surface area contributed by atoms with Crippen LogP contribution in [0, 0.1) is 0 Å². The Hall–Kier alpha value is -1.30. The number of nitrogens with zero attached hydrogens (tertiary/aromatic N) is 4. The van der Waals surface area contributed by atoms with Crippen molar-refractivity contribution < 1.29 is 0 Å². The minimum absolute atomic E-state index is 0.211. The van der Waals surface area contributed by atoms with Gasteiger partial charge in [0.15, 0.2) is 5.65 Å². The van der Waals surface area contributed by atoms with Gasteiger partial charge in [-0.15, -0.1) is 11.8 Å². The topological polar surface area (TPSA) is 55.6 Å². The largest absolute Gasteiger partial charge is 0.370 e. The number of nitrogens with one attached hydrogen (secondary N) is 1. The Morgan fingerprint density at radius 3 is 2.68 bits per heavy atom. The van der Waals surface area contributed by atoms with Crippen LogP contribution >= 0.6 is 11.8 Å². The van der Waals surface area contributed by atoms with Gasteiger partial charge in [0.1, 0.15) is 11.6 Å². The molecule has 2 aromatic heterocycles. The van der Waals surface area contributed by atoms with E-state index in [0.717, 1.165) is 35.0 Å². The fourth-order valence-electron chi connectivity index (χ4n) is 1.72. The van der Waals surface area contributed by atoms with E-state index in [1.54, 1.807) is 4.68 Å². The third-order valence-electron chi connectivity index (χ3n) is 2.62. The number of aromatic nitrogens is 4. The molecule has 2 heterocycles. The van der Waals surface area contributed by atoms with Gasteiger partial charge in [0.05, 0.1) is 17.3 Å². The quantitative estimate of drug-likeness (QED) is 0.932. The van der Waals surface area contributed by atoms with Crippen molar-refractivity contribution in [2.45, 2.75) is 38.2 Å². The highest BCUT2D eigenvalue weighted by Crippen LogP contribution is 2.27. The van der Waals surface area contributed by atoms with Crippen molar-refractivity contribution in [1.82, 2.24) is 19.7 Å². The second-order valence-corrected chi connectivity index (χ2v) is 7.23. The van der Waals surface area contributed by atoms with Crippen LogP contribution in [0.4, 0.5) is 5.82 Å². The molecule has 6 heteroatoms. The first-order chi connectivity index (χ1) is 8.90. The first-order valence-electron chi connectivity index (χ1n) is 6.47. The number of fused-ring (bicyclic) bond motifs is 1. The molecule has 0 saturated heterocycles. The van der Waals surface area contributed by atoms with Gasteiger partial charge in [-0.05, 0) is 6.92 Å². The third-order valence-corrected chi connectivity index (χ3v) is 3.89. The van der Waals surface area contributed by atoms with Crippen LogP contribution in [-0.2, 0) is 12.8 Å². The van der Waals surface area contributed by atoms with E-state index in [9.17, 15) is 0 Å². The first kappa shape index (κ1) is 14.1. The molecule has 0 saturated carbocycles. The van der Waals surface area contributed by atoms with Crippen LogP contribution in [0.25, 0.3) is 11.0 Å². The summed E-state index contributed by atoms with van der Waals surface area (Å²) in [6.07, 6.45) is 1.81. The molecular formula is C13H21N5S. The van der Waals surface area contributed by atoms with Crippen molar-refractivity contribution in [3.63, 3.8) is 0 Å². The highest BCUT2D eigenvalue weighted by Gasteiger charge is 2.15. The molecule has 2 rings (SSSR count). The normalized spacial score (nSPS) is 12.1. The Balaban J connectivity index is 2.36. The van der Waals surface area contributed by atoms with Crippen LogP contribution in [0.5, 0.6) is 0 Å². The van der Waals surface area contributed by atoms with Gasteiger partial charge in [0.2, 0.25) is 0 Å². The van der Waals surface area contributed by atoms with Crippen molar-refractivity contribution >= 4 is 28.6 Å². The molecule has 2 aromatic rings. The minimum atomic E-state index is 0.211. The van der Waals surface area contributed by atoms with E-state index in [2.05, 4.69) is 48.1 Å². The maximum atomic E-state index is 4.61. The summed E-state index contributed by atoms with van der Waals surface area (Å²) in [6.45, 7) is 9.50. The summed E-state index contributed by atoms with van der Waals surface area (Å²) < 4.78 is 2.01. The van der Waals surface area contributed by atoms with Crippen LogP contribution < -0.4 is 5.32 Å². The van der Waals surface area contributed by atoms with Gasteiger partial charge in [0.25, 0.3) is 0 Å². The van der Waals surface area contributed by atoms with Crippen molar-refractivity contribution in [1.29, 1.82) is 0 Å². The molecule has 0 aliphatic rings. The monoisotopic (exact) mass is 279 g/mol. The van der Waals surface area contributed by atoms with Gasteiger partial charge in [-0.2, -0.15) is 5.10 Å². The van der Waals surface area contributed by atoms with Crippen LogP contribution in [-0.4, -0.2) is 31.0 Å². The molecule has 0 aromatic carbocycles. The van der Waals surface area contributed by atoms with Crippen molar-refractivity contribution in [2.75, 3.05) is 11.9 Å². The molecule has 5 nitrogen and oxygen atoms in total. The van der Waals surface area contributed by atoms with Gasteiger partial charge in [0, 0.05) is 18.3 Å². The average molecular weight is 279 g/mol. The lowest BCUT2D eigenvalue weighted by Crippen LogP contribution is -2.10. The first-order valence-corrected chi connectivity index (χ1v) is 7.45. The summed E-state index contributed by atoms with van der Waals surface area (Å²) >= 11 is 1.85. The Morgan fingerprint density at radius 1 is 1.32 bits per heavy atom. The number of thioether (sulfide) groups is 1. The summed E-state index contributed by atoms with van der Waals surface area (Å²) in [6, 6.07) is 0. The minimum Gasteiger partial charge on any atom is -0.370 e. The lowest BCUT2D eigenvalue weighted by atomic mass is 10.3. The molecule has 0 amide bonds. The molecule has 0 unspecified atom stereocenters. The molecule has 19 heavy (non-hydrogen) atoms. The zero-order chi connectivity index (χ0) is 14.0. The smallest absolute Gasteiger partial charge is 0.163 e. The highest BCUT2D eigenvalue weighted by atomic mass is 32.2. The second kappa shape index (κ2) is 5.36. The van der Waals surface area contributed by atoms with Gasteiger partial charge in [-0.1, -0.05) is 20.8 Å². The van der Waals surface area contributed by atoms with E-state index < -0.39 is 0 Å². The Labute approximate surface area is 118 Å². The second-order valence-electron chi connectivity index (χ2n) is 5.43. The fraction of sp³-hybridized carbons (Fsp3) is 0.615. The van der Waals surface area contributed by atoms with Gasteiger partial charge >= 0.3 is 0 Å². The predicted molar refractivity (Wildman–Crippen MR) is 81.5 cm³/mol. The van der Waals surface area contributed by atoms with Crippen LogP contribution in [0.3, 0.4) is 0 Å². The van der Waals surface area contributed by atoms with Gasteiger partial charge < -0.3 is 5.32 Å². The molecule has 0 atom stereocenters. The van der Waals surface area contributed by atoms with Crippen molar-refractivity contribution in [2.24, 2.45) is 7.05 Å². The molecule has 0 spiro atoms. The molecule has 0 aliphatic carbocycles. The molecular weight excluding hydrogens is 258 g/mol. The lowest BCUT2D eigenvalue weighted by Gasteiger charge is -2.17. The van der Waals surface area contributed by atoms with Gasteiger partial charge in [-0.25, -0.2) is 9.97 Å². The van der Waals surface area contributed by atoms with Crippen molar-refractivity contribution in [3.05, 3.63) is 12.0 Å². The predicted octanol–water partition coefficient (Wildman–Crippen LogP) is 2.83. The molecule has 0 bridgehead atoms. The number of hydrogen-bond donors (Lipinski definition) is 1. The molecule has 0 fully saturated rings. The zero-order valence-electron chi connectivity index (χ0n) is 12.2. The number of anilines is 1. The lowest BCUT2D eigenvalue weighted by molar-refractivity contribution is 0.780. The maximum Gasteiger partial charge on any atom is 0.163 e. The van der Waals surface area contributed by atoms with E-state index in [0.29, 0.717) is 0 Å². The van der Waals surface area contributed by atoms with Crippen LogP contribution in [0.2, 0.25) is 0 Å². The molecule has 0 aliphatic heterocycles. The number of rotatable bonds is 4. The summed E-state index contributed by atoms with van der Waals surface area (Å²) in [5.41, 5.74) is 0.885. The number of aryl methyl sites for hydroxylation is 1. The standard InChI is InChI=1S/C13H21N5S/c1-6-14-11-9-7-15-18(5)12(9)17-10(16-11)8-19-13(2,3)4/h7H,6,8H2,1-5H3,(H,14,16,17). The molecule has 0 radical (unpaired) electrons. The van der Waals surface area contributed by atoms with Gasteiger partial charge in [-0.3, -0.25) is 4.68 Å². The number of hydrogen-bond acceptors (Lipinski definition) is 5. The Kier molecular flexibility index (Phi) is 3.99. The van der Waals surface area contributed by atoms with E-state index in [-0.39, 0.29) is 4.75 Å². The highest BCUT2D eigenvalue weighted by molar-refractivity contribution is 7.99. The fourth-order valence-corrected chi connectivity index (χ4v) is 2.41. The molecule has 104 valence electrons. The van der Waals surface area contributed by atoms with Crippen molar-refractivity contribution in [3.8, 4) is 0 Å². The SMILES string of the molecule is CCNc1nc(CSC(C)(C)C)nc2c1cnn2C. The summed E-state index contributed by atoms with van der Waals surface area (Å²) in [5, 5.41) is 8.52. The zero-order valence-corrected chi connectivity index (χ0v) is 13.0. The van der Waals surface area contributed by atoms with E-state index in [1.807, 2.05) is 25.0 Å². The summed E-state index contributed by atoms with van der Waals surface area (Å²) in [5.74, 6) is 2.54. The van der Waals surface area contributed by atoms with E-state index in [1.165, 1.54) is 0 Å². The molecule has 1 N–H and O–H groups in total. The summed E-state index contributed by atoms with van der Waals surface area (Å²) in [4.78, 5) is 9.22. The van der Waals surface area contributed by atoms with Crippen LogP contribution in [0.15, 0.2) is 6.20 Å².